The van der Waals surface area contributed by atoms with Crippen molar-refractivity contribution in [2.24, 2.45) is 0 Å². The van der Waals surface area contributed by atoms with Crippen molar-refractivity contribution in [2.45, 2.75) is 39.0 Å². The van der Waals surface area contributed by atoms with Crippen molar-refractivity contribution < 1.29 is 9.47 Å². The molecule has 2 unspecified atom stereocenters. The Morgan fingerprint density at radius 3 is 2.79 bits per heavy atom. The van der Waals surface area contributed by atoms with Crippen LogP contribution in [0.15, 0.2) is 10.7 Å². The van der Waals surface area contributed by atoms with Gasteiger partial charge in [0.15, 0.2) is 0 Å². The minimum Gasteiger partial charge on any atom is -0.383 e. The molecule has 0 radical (unpaired) electrons. The Hall–Kier alpha value is -0.430. The normalized spacial score (nSPS) is 14.6. The molecule has 0 aromatic carbocycles. The highest BCUT2D eigenvalue weighted by Crippen LogP contribution is 2.27. The van der Waals surface area contributed by atoms with Crippen molar-refractivity contribution in [1.29, 1.82) is 0 Å². The summed E-state index contributed by atoms with van der Waals surface area (Å²) in [5, 5.41) is 7.92. The molecule has 110 valence electrons. The standard InChI is InChI=1S/C13H24BrN3O2/c1-5-6-15-12(10(2)19-4)13-11(14)9-16-17(13)7-8-18-3/h9-10,12,15H,5-8H2,1-4H3. The number of rotatable bonds is 9. The minimum absolute atomic E-state index is 0.0702. The van der Waals surface area contributed by atoms with Gasteiger partial charge in [0, 0.05) is 14.2 Å². The van der Waals surface area contributed by atoms with Crippen LogP contribution in [-0.4, -0.2) is 43.3 Å². The number of hydrogen-bond acceptors (Lipinski definition) is 4. The second kappa shape index (κ2) is 8.68. The molecule has 0 fully saturated rings. The smallest absolute Gasteiger partial charge is 0.0767 e. The van der Waals surface area contributed by atoms with Crippen LogP contribution < -0.4 is 5.32 Å². The van der Waals surface area contributed by atoms with Crippen molar-refractivity contribution in [3.8, 4) is 0 Å². The van der Waals surface area contributed by atoms with Gasteiger partial charge in [0.25, 0.3) is 0 Å². The summed E-state index contributed by atoms with van der Waals surface area (Å²) >= 11 is 3.58. The molecule has 0 saturated carbocycles. The van der Waals surface area contributed by atoms with E-state index in [-0.39, 0.29) is 12.1 Å². The summed E-state index contributed by atoms with van der Waals surface area (Å²) in [7, 11) is 3.43. The SMILES string of the molecule is CCCNC(c1c(Br)cnn1CCOC)C(C)OC. The van der Waals surface area contributed by atoms with E-state index in [0.29, 0.717) is 6.61 Å². The average molecular weight is 334 g/mol. The summed E-state index contributed by atoms with van der Waals surface area (Å²) in [6.45, 7) is 6.54. The maximum absolute atomic E-state index is 5.49. The van der Waals surface area contributed by atoms with E-state index < -0.39 is 0 Å². The van der Waals surface area contributed by atoms with E-state index in [4.69, 9.17) is 9.47 Å². The highest BCUT2D eigenvalue weighted by atomic mass is 79.9. The molecule has 1 rings (SSSR count). The van der Waals surface area contributed by atoms with Gasteiger partial charge in [-0.1, -0.05) is 6.92 Å². The molecule has 6 heteroatoms. The Labute approximate surface area is 123 Å². The molecule has 0 aliphatic heterocycles. The van der Waals surface area contributed by atoms with Crippen LogP contribution in [-0.2, 0) is 16.0 Å². The lowest BCUT2D eigenvalue weighted by Crippen LogP contribution is -2.34. The number of methoxy groups -OCH3 is 2. The lowest BCUT2D eigenvalue weighted by Gasteiger charge is -2.25. The van der Waals surface area contributed by atoms with Crippen LogP contribution in [0.25, 0.3) is 0 Å². The van der Waals surface area contributed by atoms with E-state index in [1.807, 2.05) is 10.9 Å². The number of nitrogens with zero attached hydrogens (tertiary/aromatic N) is 2. The summed E-state index contributed by atoms with van der Waals surface area (Å²) in [6, 6.07) is 0.110. The van der Waals surface area contributed by atoms with Crippen molar-refractivity contribution in [2.75, 3.05) is 27.4 Å². The summed E-state index contributed by atoms with van der Waals surface area (Å²) in [5.41, 5.74) is 1.11. The van der Waals surface area contributed by atoms with Gasteiger partial charge >= 0.3 is 0 Å². The van der Waals surface area contributed by atoms with Crippen molar-refractivity contribution >= 4 is 15.9 Å². The zero-order valence-corrected chi connectivity index (χ0v) is 13.7. The van der Waals surface area contributed by atoms with Gasteiger partial charge < -0.3 is 14.8 Å². The molecule has 0 saturated heterocycles. The molecule has 1 heterocycles. The van der Waals surface area contributed by atoms with Gasteiger partial charge in [-0.25, -0.2) is 0 Å². The lowest BCUT2D eigenvalue weighted by atomic mass is 10.1. The minimum atomic E-state index is 0.0702. The summed E-state index contributed by atoms with van der Waals surface area (Å²) in [5.74, 6) is 0. The molecular weight excluding hydrogens is 310 g/mol. The van der Waals surface area contributed by atoms with Gasteiger partial charge in [-0.2, -0.15) is 5.10 Å². The first kappa shape index (κ1) is 16.6. The van der Waals surface area contributed by atoms with Crippen molar-refractivity contribution in [1.82, 2.24) is 15.1 Å². The molecule has 0 aliphatic carbocycles. The third-order valence-corrected chi connectivity index (χ3v) is 3.70. The summed E-state index contributed by atoms with van der Waals surface area (Å²) in [4.78, 5) is 0. The van der Waals surface area contributed by atoms with Gasteiger partial charge in [0.1, 0.15) is 0 Å². The van der Waals surface area contributed by atoms with E-state index in [0.717, 1.165) is 29.7 Å². The number of aromatic nitrogens is 2. The van der Waals surface area contributed by atoms with E-state index >= 15 is 0 Å². The van der Waals surface area contributed by atoms with E-state index in [9.17, 15) is 0 Å². The fraction of sp³-hybridized carbons (Fsp3) is 0.769. The maximum Gasteiger partial charge on any atom is 0.0767 e. The molecule has 0 amide bonds. The summed E-state index contributed by atoms with van der Waals surface area (Å²) < 4.78 is 13.6. The van der Waals surface area contributed by atoms with Gasteiger partial charge in [-0.05, 0) is 35.8 Å². The fourth-order valence-corrected chi connectivity index (χ4v) is 2.50. The quantitative estimate of drug-likeness (QED) is 0.753. The Kier molecular flexibility index (Phi) is 7.60. The zero-order chi connectivity index (χ0) is 14.3. The molecule has 0 bridgehead atoms. The third-order valence-electron chi connectivity index (χ3n) is 3.09. The largest absolute Gasteiger partial charge is 0.383 e. The average Bonchev–Trinajstić information content (AvgIpc) is 2.78. The van der Waals surface area contributed by atoms with Gasteiger partial charge in [-0.3, -0.25) is 4.68 Å². The van der Waals surface area contributed by atoms with Crippen LogP contribution in [0.4, 0.5) is 0 Å². The molecule has 1 aromatic rings. The zero-order valence-electron chi connectivity index (χ0n) is 12.1. The lowest BCUT2D eigenvalue weighted by molar-refractivity contribution is 0.0788. The molecule has 2 atom stereocenters. The van der Waals surface area contributed by atoms with Gasteiger partial charge in [0.2, 0.25) is 0 Å². The highest BCUT2D eigenvalue weighted by Gasteiger charge is 2.25. The Morgan fingerprint density at radius 2 is 2.21 bits per heavy atom. The number of halogens is 1. The molecule has 19 heavy (non-hydrogen) atoms. The first-order chi connectivity index (χ1) is 9.15. The topological polar surface area (TPSA) is 48.3 Å². The molecule has 1 aromatic heterocycles. The first-order valence-corrected chi connectivity index (χ1v) is 7.41. The van der Waals surface area contributed by atoms with E-state index in [1.54, 1.807) is 14.2 Å². The van der Waals surface area contributed by atoms with Crippen molar-refractivity contribution in [3.05, 3.63) is 16.4 Å². The number of ether oxygens (including phenoxy) is 2. The van der Waals surface area contributed by atoms with Gasteiger partial charge in [0.05, 0.1) is 41.7 Å². The van der Waals surface area contributed by atoms with Crippen LogP contribution in [0.2, 0.25) is 0 Å². The molecule has 0 aliphatic rings. The molecule has 1 N–H and O–H groups in total. The monoisotopic (exact) mass is 333 g/mol. The number of hydrogen-bond donors (Lipinski definition) is 1. The second-order valence-corrected chi connectivity index (χ2v) is 5.32. The first-order valence-electron chi connectivity index (χ1n) is 6.62. The highest BCUT2D eigenvalue weighted by molar-refractivity contribution is 9.10. The molecular formula is C13H24BrN3O2. The molecule has 5 nitrogen and oxygen atoms in total. The van der Waals surface area contributed by atoms with Crippen LogP contribution in [0.1, 0.15) is 32.0 Å². The van der Waals surface area contributed by atoms with Crippen LogP contribution >= 0.6 is 15.9 Å². The maximum atomic E-state index is 5.49. The van der Waals surface area contributed by atoms with Crippen molar-refractivity contribution in [3.63, 3.8) is 0 Å². The Balaban J connectivity index is 2.95. The van der Waals surface area contributed by atoms with Gasteiger partial charge in [-0.15, -0.1) is 0 Å². The fourth-order valence-electron chi connectivity index (χ4n) is 1.96. The summed E-state index contributed by atoms with van der Waals surface area (Å²) in [6.07, 6.45) is 2.98. The van der Waals surface area contributed by atoms with E-state index in [2.05, 4.69) is 40.2 Å². The number of nitrogens with one attached hydrogen (secondary N) is 1. The van der Waals surface area contributed by atoms with Crippen LogP contribution in [0.3, 0.4) is 0 Å². The predicted octanol–water partition coefficient (Wildman–Crippen LogP) is 2.37. The second-order valence-electron chi connectivity index (χ2n) is 4.47. The molecule has 0 spiro atoms. The van der Waals surface area contributed by atoms with Crippen LogP contribution in [0.5, 0.6) is 0 Å². The van der Waals surface area contributed by atoms with E-state index in [1.165, 1.54) is 0 Å². The Morgan fingerprint density at radius 1 is 1.47 bits per heavy atom. The van der Waals surface area contributed by atoms with Crippen LogP contribution in [0, 0.1) is 0 Å². The predicted molar refractivity (Wildman–Crippen MR) is 79.3 cm³/mol. The third kappa shape index (κ3) is 4.56. The Bertz CT molecular complexity index is 371.